The number of nitrogens with zero attached hydrogens (tertiary/aromatic N) is 2. The van der Waals surface area contributed by atoms with Crippen molar-refractivity contribution in [2.24, 2.45) is 5.92 Å². The van der Waals surface area contributed by atoms with Crippen LogP contribution in [0.3, 0.4) is 0 Å². The molecule has 1 aliphatic rings. The van der Waals surface area contributed by atoms with Gasteiger partial charge in [-0.25, -0.2) is 0 Å². The van der Waals surface area contributed by atoms with Crippen molar-refractivity contribution in [3.63, 3.8) is 0 Å². The number of hydrogen-bond acceptors (Lipinski definition) is 2. The lowest BCUT2D eigenvalue weighted by Gasteiger charge is -2.33. The molecule has 2 heterocycles. The number of fused-ring (bicyclic) bond motifs is 1. The van der Waals surface area contributed by atoms with Crippen molar-refractivity contribution in [3.8, 4) is 0 Å². The first kappa shape index (κ1) is 19.4. The smallest absolute Gasteiger partial charge is 0.0650 e. The van der Waals surface area contributed by atoms with Crippen LogP contribution in [-0.2, 0) is 0 Å². The van der Waals surface area contributed by atoms with Crippen molar-refractivity contribution in [3.05, 3.63) is 71.5 Å². The van der Waals surface area contributed by atoms with Crippen LogP contribution in [0.5, 0.6) is 0 Å². The van der Waals surface area contributed by atoms with Crippen LogP contribution in [-0.4, -0.2) is 18.1 Å². The lowest BCUT2D eigenvalue weighted by Crippen LogP contribution is -2.34. The molecular weight excluding hydrogens is 352 g/mol. The van der Waals surface area contributed by atoms with E-state index in [0.717, 1.165) is 24.7 Å². The summed E-state index contributed by atoms with van der Waals surface area (Å²) in [5, 5.41) is 2.55. The molecule has 0 aliphatic carbocycles. The second-order valence-electron chi connectivity index (χ2n) is 7.49. The summed E-state index contributed by atoms with van der Waals surface area (Å²) in [5.74, 6) is 0.769. The standard InChI is InChI=1S/C24H26N2.ClH/c1-18-7-6-14-26(17-18)24-15-22(25-16-19(24)2)13-12-21-10-5-9-20-8-3-4-11-23(20)21;/h3-5,8-13,15-16,18H,6-7,14,17H2,1-2H3;1H. The number of benzene rings is 2. The van der Waals surface area contributed by atoms with Crippen LogP contribution in [0.15, 0.2) is 54.7 Å². The van der Waals surface area contributed by atoms with E-state index in [2.05, 4.69) is 84.4 Å². The van der Waals surface area contributed by atoms with Crippen molar-refractivity contribution in [1.82, 2.24) is 4.98 Å². The van der Waals surface area contributed by atoms with Crippen molar-refractivity contribution < 1.29 is 0 Å². The van der Waals surface area contributed by atoms with E-state index >= 15 is 0 Å². The molecule has 1 saturated heterocycles. The highest BCUT2D eigenvalue weighted by molar-refractivity contribution is 5.92. The third-order valence-corrected chi connectivity index (χ3v) is 5.35. The average Bonchev–Trinajstić information content (AvgIpc) is 2.67. The average molecular weight is 379 g/mol. The molecule has 0 N–H and O–H groups in total. The lowest BCUT2D eigenvalue weighted by molar-refractivity contribution is 0.446. The van der Waals surface area contributed by atoms with E-state index in [9.17, 15) is 0 Å². The first-order valence-corrected chi connectivity index (χ1v) is 9.58. The second-order valence-corrected chi connectivity index (χ2v) is 7.49. The Balaban J connectivity index is 0.00000210. The van der Waals surface area contributed by atoms with Crippen LogP contribution in [0.2, 0.25) is 0 Å². The molecule has 0 saturated carbocycles. The Morgan fingerprint density at radius 2 is 1.89 bits per heavy atom. The molecule has 2 aromatic carbocycles. The summed E-state index contributed by atoms with van der Waals surface area (Å²) in [6.07, 6.45) is 8.96. The molecular formula is C24H27ClN2. The Morgan fingerprint density at radius 3 is 2.74 bits per heavy atom. The van der Waals surface area contributed by atoms with Crippen LogP contribution in [0.1, 0.15) is 36.6 Å². The zero-order chi connectivity index (χ0) is 17.9. The highest BCUT2D eigenvalue weighted by atomic mass is 35.5. The maximum absolute atomic E-state index is 4.63. The maximum Gasteiger partial charge on any atom is 0.0650 e. The fourth-order valence-corrected chi connectivity index (χ4v) is 3.94. The second kappa shape index (κ2) is 8.58. The molecule has 0 radical (unpaired) electrons. The van der Waals surface area contributed by atoms with Gasteiger partial charge < -0.3 is 4.90 Å². The molecule has 1 atom stereocenters. The van der Waals surface area contributed by atoms with E-state index in [1.54, 1.807) is 0 Å². The SMILES string of the molecule is Cc1cnc(C=Cc2cccc3ccccc23)cc1N1CCCC(C)C1.Cl. The molecule has 0 bridgehead atoms. The molecule has 3 aromatic rings. The van der Waals surface area contributed by atoms with Crippen LogP contribution >= 0.6 is 12.4 Å². The van der Waals surface area contributed by atoms with E-state index in [4.69, 9.17) is 0 Å². The summed E-state index contributed by atoms with van der Waals surface area (Å²) in [7, 11) is 0. The number of pyridine rings is 1. The third-order valence-electron chi connectivity index (χ3n) is 5.35. The van der Waals surface area contributed by atoms with Gasteiger partial charge in [-0.05, 0) is 59.7 Å². The quantitative estimate of drug-likeness (QED) is 0.526. The summed E-state index contributed by atoms with van der Waals surface area (Å²) in [5.41, 5.74) is 4.86. The minimum Gasteiger partial charge on any atom is -0.371 e. The summed E-state index contributed by atoms with van der Waals surface area (Å²) in [6, 6.07) is 17.2. The zero-order valence-electron chi connectivity index (χ0n) is 16.1. The summed E-state index contributed by atoms with van der Waals surface area (Å²) in [6.45, 7) is 6.82. The number of halogens is 1. The predicted octanol–water partition coefficient (Wildman–Crippen LogP) is 6.37. The molecule has 1 aromatic heterocycles. The van der Waals surface area contributed by atoms with E-state index in [-0.39, 0.29) is 12.4 Å². The Bertz CT molecular complexity index is 943. The number of hydrogen-bond donors (Lipinski definition) is 0. The molecule has 0 spiro atoms. The Kier molecular flexibility index (Phi) is 6.18. The van der Waals surface area contributed by atoms with Gasteiger partial charge in [-0.2, -0.15) is 0 Å². The molecule has 4 rings (SSSR count). The van der Waals surface area contributed by atoms with Gasteiger partial charge in [0, 0.05) is 25.0 Å². The largest absolute Gasteiger partial charge is 0.371 e. The molecule has 1 fully saturated rings. The summed E-state index contributed by atoms with van der Waals surface area (Å²) < 4.78 is 0. The van der Waals surface area contributed by atoms with Crippen LogP contribution in [0, 0.1) is 12.8 Å². The van der Waals surface area contributed by atoms with E-state index in [1.807, 2.05) is 6.20 Å². The molecule has 2 nitrogen and oxygen atoms in total. The van der Waals surface area contributed by atoms with Gasteiger partial charge in [0.2, 0.25) is 0 Å². The van der Waals surface area contributed by atoms with E-state index in [1.165, 1.54) is 40.4 Å². The molecule has 1 aliphatic heterocycles. The molecule has 3 heteroatoms. The van der Waals surface area contributed by atoms with Crippen LogP contribution < -0.4 is 4.90 Å². The van der Waals surface area contributed by atoms with Gasteiger partial charge >= 0.3 is 0 Å². The monoisotopic (exact) mass is 378 g/mol. The molecule has 27 heavy (non-hydrogen) atoms. The fraction of sp³-hybridized carbons (Fsp3) is 0.292. The highest BCUT2D eigenvalue weighted by Crippen LogP contribution is 2.27. The lowest BCUT2D eigenvalue weighted by atomic mass is 9.99. The zero-order valence-corrected chi connectivity index (χ0v) is 16.9. The minimum absolute atomic E-state index is 0. The first-order chi connectivity index (χ1) is 12.7. The normalized spacial score (nSPS) is 17.3. The Morgan fingerprint density at radius 1 is 1.07 bits per heavy atom. The van der Waals surface area contributed by atoms with Crippen molar-refractivity contribution >= 4 is 41.0 Å². The van der Waals surface area contributed by atoms with E-state index in [0.29, 0.717) is 0 Å². The molecule has 0 amide bonds. The number of anilines is 1. The van der Waals surface area contributed by atoms with Gasteiger partial charge in [-0.1, -0.05) is 55.5 Å². The van der Waals surface area contributed by atoms with Gasteiger partial charge in [0.1, 0.15) is 0 Å². The number of piperidine rings is 1. The van der Waals surface area contributed by atoms with Gasteiger partial charge in [0.25, 0.3) is 0 Å². The van der Waals surface area contributed by atoms with Crippen LogP contribution in [0.4, 0.5) is 5.69 Å². The number of aryl methyl sites for hydroxylation is 1. The minimum atomic E-state index is 0. The van der Waals surface area contributed by atoms with Crippen molar-refractivity contribution in [2.45, 2.75) is 26.7 Å². The van der Waals surface area contributed by atoms with Crippen molar-refractivity contribution in [1.29, 1.82) is 0 Å². The van der Waals surface area contributed by atoms with Gasteiger partial charge in [0.05, 0.1) is 5.69 Å². The number of aromatic nitrogens is 1. The van der Waals surface area contributed by atoms with Gasteiger partial charge in [-0.3, -0.25) is 4.98 Å². The number of rotatable bonds is 3. The topological polar surface area (TPSA) is 16.1 Å². The summed E-state index contributed by atoms with van der Waals surface area (Å²) in [4.78, 5) is 7.16. The summed E-state index contributed by atoms with van der Waals surface area (Å²) >= 11 is 0. The van der Waals surface area contributed by atoms with Crippen molar-refractivity contribution in [2.75, 3.05) is 18.0 Å². The molecule has 1 unspecified atom stereocenters. The predicted molar refractivity (Wildman–Crippen MR) is 120 cm³/mol. The third kappa shape index (κ3) is 4.33. The molecule has 140 valence electrons. The highest BCUT2D eigenvalue weighted by Gasteiger charge is 2.18. The van der Waals surface area contributed by atoms with Gasteiger partial charge in [-0.15, -0.1) is 12.4 Å². The first-order valence-electron chi connectivity index (χ1n) is 9.58. The van der Waals surface area contributed by atoms with E-state index < -0.39 is 0 Å². The fourth-order valence-electron chi connectivity index (χ4n) is 3.94. The Labute approximate surface area is 168 Å². The maximum atomic E-state index is 4.63. The van der Waals surface area contributed by atoms with Gasteiger partial charge in [0.15, 0.2) is 0 Å². The van der Waals surface area contributed by atoms with Crippen LogP contribution in [0.25, 0.3) is 22.9 Å². The Hall–Kier alpha value is -2.32.